The maximum Gasteiger partial charge on any atom is 0.416 e. The van der Waals surface area contributed by atoms with Crippen LogP contribution in [0.4, 0.5) is 19.1 Å². The van der Waals surface area contributed by atoms with E-state index in [1.807, 2.05) is 6.20 Å². The molecule has 1 amide bonds. The van der Waals surface area contributed by atoms with Crippen LogP contribution in [0.2, 0.25) is 0 Å². The fourth-order valence-corrected chi connectivity index (χ4v) is 5.13. The minimum absolute atomic E-state index is 0.0184. The quantitative estimate of drug-likeness (QED) is 0.682. The number of piperazine rings is 1. The maximum absolute atomic E-state index is 13.3. The van der Waals surface area contributed by atoms with Crippen molar-refractivity contribution >= 4 is 11.9 Å². The Bertz CT molecular complexity index is 1030. The fraction of sp³-hybridized carbons (Fsp3) is 0.560. The van der Waals surface area contributed by atoms with Gasteiger partial charge in [0.25, 0.3) is 0 Å². The standard InChI is InChI=1S/C25H30F3N5O/c26-25(27,28)21-7-2-1-4-18(21)16-23(34)32-10-8-19-17-29-24(30-22(19)9-11-32)33-14-12-31(13-15-33)20-5-3-6-20/h1-2,4,7,17,20H,3,5-6,8-16H2. The first-order valence-electron chi connectivity index (χ1n) is 12.1. The molecule has 0 N–H and O–H groups in total. The van der Waals surface area contributed by atoms with Gasteiger partial charge in [-0.25, -0.2) is 9.97 Å². The predicted molar refractivity (Wildman–Crippen MR) is 123 cm³/mol. The molecular formula is C25H30F3N5O. The van der Waals surface area contributed by atoms with E-state index in [0.717, 1.165) is 55.5 Å². The Morgan fingerprint density at radius 1 is 1.00 bits per heavy atom. The van der Waals surface area contributed by atoms with Crippen LogP contribution in [-0.4, -0.2) is 71.0 Å². The second kappa shape index (κ2) is 9.52. The van der Waals surface area contributed by atoms with Gasteiger partial charge in [-0.1, -0.05) is 24.6 Å². The lowest BCUT2D eigenvalue weighted by Gasteiger charge is -2.43. The van der Waals surface area contributed by atoms with E-state index in [0.29, 0.717) is 25.9 Å². The van der Waals surface area contributed by atoms with Crippen LogP contribution in [-0.2, 0) is 30.2 Å². The lowest BCUT2D eigenvalue weighted by atomic mass is 9.91. The summed E-state index contributed by atoms with van der Waals surface area (Å²) in [6, 6.07) is 6.06. The van der Waals surface area contributed by atoms with E-state index in [-0.39, 0.29) is 17.9 Å². The van der Waals surface area contributed by atoms with Crippen LogP contribution in [0.25, 0.3) is 0 Å². The molecule has 3 aliphatic rings. The first kappa shape index (κ1) is 23.1. The van der Waals surface area contributed by atoms with Gasteiger partial charge in [0.15, 0.2) is 0 Å². The summed E-state index contributed by atoms with van der Waals surface area (Å²) in [6.07, 6.45) is 2.29. The molecule has 2 aromatic rings. The van der Waals surface area contributed by atoms with Gasteiger partial charge in [0.2, 0.25) is 11.9 Å². The first-order chi connectivity index (χ1) is 16.4. The minimum Gasteiger partial charge on any atom is -0.342 e. The molecule has 0 spiro atoms. The third kappa shape index (κ3) is 4.89. The Hall–Kier alpha value is -2.68. The Labute approximate surface area is 197 Å². The highest BCUT2D eigenvalue weighted by atomic mass is 19.4. The predicted octanol–water partition coefficient (Wildman–Crippen LogP) is 3.34. The van der Waals surface area contributed by atoms with Crippen LogP contribution in [0.5, 0.6) is 0 Å². The number of fused-ring (bicyclic) bond motifs is 1. The number of halogens is 3. The number of rotatable bonds is 4. The highest BCUT2D eigenvalue weighted by molar-refractivity contribution is 5.79. The summed E-state index contributed by atoms with van der Waals surface area (Å²) in [4.78, 5) is 28.8. The van der Waals surface area contributed by atoms with Gasteiger partial charge in [-0.2, -0.15) is 13.2 Å². The average molecular weight is 474 g/mol. The van der Waals surface area contributed by atoms with E-state index in [1.165, 1.54) is 31.4 Å². The molecule has 0 unspecified atom stereocenters. The van der Waals surface area contributed by atoms with Crippen molar-refractivity contribution in [2.45, 2.75) is 50.7 Å². The van der Waals surface area contributed by atoms with Gasteiger partial charge in [-0.05, 0) is 36.5 Å². The van der Waals surface area contributed by atoms with Crippen molar-refractivity contribution in [3.8, 4) is 0 Å². The fourth-order valence-electron chi connectivity index (χ4n) is 5.13. The van der Waals surface area contributed by atoms with Gasteiger partial charge < -0.3 is 9.80 Å². The zero-order valence-electron chi connectivity index (χ0n) is 19.2. The summed E-state index contributed by atoms with van der Waals surface area (Å²) in [6.45, 7) is 4.81. The van der Waals surface area contributed by atoms with Crippen LogP contribution in [0, 0.1) is 0 Å². The van der Waals surface area contributed by atoms with Crippen LogP contribution in [0.1, 0.15) is 41.6 Å². The van der Waals surface area contributed by atoms with Crippen molar-refractivity contribution < 1.29 is 18.0 Å². The molecule has 182 valence electrons. The number of carbonyl (C=O) groups excluding carboxylic acids is 1. The molecule has 1 aromatic heterocycles. The molecule has 2 fully saturated rings. The van der Waals surface area contributed by atoms with Crippen molar-refractivity contribution in [1.29, 1.82) is 0 Å². The van der Waals surface area contributed by atoms with Gasteiger partial charge in [0.05, 0.1) is 17.7 Å². The largest absolute Gasteiger partial charge is 0.416 e. The van der Waals surface area contributed by atoms with Crippen LogP contribution in [0.15, 0.2) is 30.5 Å². The Balaban J connectivity index is 1.21. The van der Waals surface area contributed by atoms with Crippen molar-refractivity contribution in [2.24, 2.45) is 0 Å². The summed E-state index contributed by atoms with van der Waals surface area (Å²) in [5.41, 5.74) is 1.24. The molecule has 3 heterocycles. The zero-order chi connectivity index (χ0) is 23.7. The summed E-state index contributed by atoms with van der Waals surface area (Å²) in [5.74, 6) is 0.454. The SMILES string of the molecule is O=C(Cc1ccccc1C(F)(F)F)N1CCc2cnc(N3CCN(C4CCC4)CC3)nc2CC1. The lowest BCUT2D eigenvalue weighted by Crippen LogP contribution is -2.52. The summed E-state index contributed by atoms with van der Waals surface area (Å²) in [7, 11) is 0. The first-order valence-corrected chi connectivity index (χ1v) is 12.1. The van der Waals surface area contributed by atoms with Crippen LogP contribution in [0.3, 0.4) is 0 Å². The number of carbonyl (C=O) groups is 1. The third-order valence-corrected chi connectivity index (χ3v) is 7.42. The normalized spacial score (nSPS) is 20.0. The molecule has 2 aliphatic heterocycles. The molecule has 6 nitrogen and oxygen atoms in total. The van der Waals surface area contributed by atoms with E-state index >= 15 is 0 Å². The number of anilines is 1. The lowest BCUT2D eigenvalue weighted by molar-refractivity contribution is -0.138. The smallest absolute Gasteiger partial charge is 0.342 e. The molecule has 0 radical (unpaired) electrons. The molecule has 1 aliphatic carbocycles. The van der Waals surface area contributed by atoms with Crippen molar-refractivity contribution in [2.75, 3.05) is 44.2 Å². The van der Waals surface area contributed by atoms with Crippen molar-refractivity contribution in [1.82, 2.24) is 19.8 Å². The number of aromatic nitrogens is 2. The topological polar surface area (TPSA) is 52.6 Å². The number of nitrogens with zero attached hydrogens (tertiary/aromatic N) is 5. The highest BCUT2D eigenvalue weighted by Gasteiger charge is 2.34. The number of amides is 1. The van der Waals surface area contributed by atoms with E-state index in [2.05, 4.69) is 14.8 Å². The van der Waals surface area contributed by atoms with Gasteiger partial charge in [0.1, 0.15) is 0 Å². The Morgan fingerprint density at radius 2 is 1.74 bits per heavy atom. The number of hydrogen-bond donors (Lipinski definition) is 0. The van der Waals surface area contributed by atoms with E-state index in [4.69, 9.17) is 4.98 Å². The molecule has 5 rings (SSSR count). The summed E-state index contributed by atoms with van der Waals surface area (Å²) < 4.78 is 39.9. The minimum atomic E-state index is -4.47. The zero-order valence-corrected chi connectivity index (χ0v) is 19.2. The van der Waals surface area contributed by atoms with E-state index in [1.54, 1.807) is 11.0 Å². The number of hydrogen-bond acceptors (Lipinski definition) is 5. The summed E-state index contributed by atoms with van der Waals surface area (Å²) in [5, 5.41) is 0. The van der Waals surface area contributed by atoms with Crippen LogP contribution >= 0.6 is 0 Å². The molecule has 34 heavy (non-hydrogen) atoms. The Kier molecular flexibility index (Phi) is 6.46. The molecule has 9 heteroatoms. The van der Waals surface area contributed by atoms with E-state index in [9.17, 15) is 18.0 Å². The van der Waals surface area contributed by atoms with Crippen LogP contribution < -0.4 is 4.90 Å². The highest BCUT2D eigenvalue weighted by Crippen LogP contribution is 2.32. The maximum atomic E-state index is 13.3. The van der Waals surface area contributed by atoms with Crippen molar-refractivity contribution in [3.63, 3.8) is 0 Å². The average Bonchev–Trinajstić information content (AvgIpc) is 3.00. The molecule has 1 saturated carbocycles. The third-order valence-electron chi connectivity index (χ3n) is 7.42. The van der Waals surface area contributed by atoms with Gasteiger partial charge in [0, 0.05) is 57.9 Å². The van der Waals surface area contributed by atoms with Gasteiger partial charge >= 0.3 is 6.18 Å². The molecule has 1 saturated heterocycles. The second-order valence-electron chi connectivity index (χ2n) is 9.46. The molecular weight excluding hydrogens is 443 g/mol. The van der Waals surface area contributed by atoms with E-state index < -0.39 is 11.7 Å². The van der Waals surface area contributed by atoms with Crippen molar-refractivity contribution in [3.05, 3.63) is 52.8 Å². The van der Waals surface area contributed by atoms with Gasteiger partial charge in [-0.3, -0.25) is 9.69 Å². The molecule has 1 aromatic carbocycles. The Morgan fingerprint density at radius 3 is 2.44 bits per heavy atom. The monoisotopic (exact) mass is 473 g/mol. The summed E-state index contributed by atoms with van der Waals surface area (Å²) >= 11 is 0. The van der Waals surface area contributed by atoms with Gasteiger partial charge in [-0.15, -0.1) is 0 Å². The molecule has 0 atom stereocenters. The second-order valence-corrected chi connectivity index (χ2v) is 9.46. The number of benzene rings is 1. The molecule has 0 bridgehead atoms. The number of alkyl halides is 3.